The summed E-state index contributed by atoms with van der Waals surface area (Å²) in [5, 5.41) is 0. The molecule has 120 valence electrons. The molecule has 0 fully saturated rings. The lowest BCUT2D eigenvalue weighted by atomic mass is 10.0. The van der Waals surface area contributed by atoms with Crippen molar-refractivity contribution in [2.24, 2.45) is 0 Å². The number of ether oxygens (including phenoxy) is 2. The lowest BCUT2D eigenvalue weighted by molar-refractivity contribution is -0.139. The average Bonchev–Trinajstić information content (AvgIpc) is 2.52. The van der Waals surface area contributed by atoms with Gasteiger partial charge in [-0.15, -0.1) is 0 Å². The normalized spacial score (nSPS) is 10.1. The van der Waals surface area contributed by atoms with Crippen LogP contribution in [0.4, 0.5) is 0 Å². The summed E-state index contributed by atoms with van der Waals surface area (Å²) < 4.78 is 10.0. The molecule has 22 heavy (non-hydrogen) atoms. The van der Waals surface area contributed by atoms with Crippen LogP contribution in [0.2, 0.25) is 0 Å². The molecule has 0 atom stereocenters. The van der Waals surface area contributed by atoms with Crippen LogP contribution in [0, 0.1) is 0 Å². The molecule has 1 aromatic rings. The zero-order valence-electron chi connectivity index (χ0n) is 13.4. The highest BCUT2D eigenvalue weighted by Crippen LogP contribution is 2.13. The van der Waals surface area contributed by atoms with Gasteiger partial charge in [0.05, 0.1) is 13.7 Å². The van der Waals surface area contributed by atoms with Gasteiger partial charge in [0, 0.05) is 18.4 Å². The van der Waals surface area contributed by atoms with E-state index < -0.39 is 5.97 Å². The van der Waals surface area contributed by atoms with Gasteiger partial charge in [-0.05, 0) is 43.9 Å². The van der Waals surface area contributed by atoms with Crippen molar-refractivity contribution in [2.75, 3.05) is 13.7 Å². The van der Waals surface area contributed by atoms with Crippen LogP contribution in [0.3, 0.4) is 0 Å². The van der Waals surface area contributed by atoms with Gasteiger partial charge in [-0.3, -0.25) is 4.79 Å². The first kappa shape index (κ1) is 18.0. The second-order valence-electron chi connectivity index (χ2n) is 5.26. The maximum absolute atomic E-state index is 11.7. The lowest BCUT2D eigenvalue weighted by Gasteiger charge is -2.05. The van der Waals surface area contributed by atoms with Crippen LogP contribution in [0.15, 0.2) is 36.4 Å². The zero-order valence-corrected chi connectivity index (χ0v) is 13.4. The Hall–Kier alpha value is -2.10. The van der Waals surface area contributed by atoms with Crippen LogP contribution in [0.25, 0.3) is 0 Å². The number of ketones is 1. The zero-order chi connectivity index (χ0) is 16.4. The fourth-order valence-corrected chi connectivity index (χ4v) is 1.96. The van der Waals surface area contributed by atoms with Crippen LogP contribution in [0.1, 0.15) is 38.2 Å². The van der Waals surface area contributed by atoms with E-state index in [4.69, 9.17) is 9.47 Å². The highest BCUT2D eigenvalue weighted by atomic mass is 16.5. The number of rotatable bonds is 10. The average molecular weight is 304 g/mol. The number of carbonyl (C=O) groups excluding carboxylic acids is 2. The van der Waals surface area contributed by atoms with Crippen molar-refractivity contribution < 1.29 is 19.1 Å². The third kappa shape index (κ3) is 7.07. The van der Waals surface area contributed by atoms with Crippen molar-refractivity contribution >= 4 is 11.8 Å². The molecule has 1 aromatic carbocycles. The highest BCUT2D eigenvalue weighted by Gasteiger charge is 2.05. The molecule has 0 aliphatic rings. The molecule has 0 bridgehead atoms. The molecule has 0 N–H and O–H groups in total. The molecule has 0 amide bonds. The smallest absolute Gasteiger partial charge is 0.333 e. The third-order valence-electron chi connectivity index (χ3n) is 3.26. The van der Waals surface area contributed by atoms with Gasteiger partial charge >= 0.3 is 5.97 Å². The summed E-state index contributed by atoms with van der Waals surface area (Å²) in [5.74, 6) is 0.649. The molecule has 0 aromatic heterocycles. The Morgan fingerprint density at radius 1 is 1.09 bits per heavy atom. The Kier molecular flexibility index (Phi) is 7.97. The van der Waals surface area contributed by atoms with E-state index >= 15 is 0 Å². The summed E-state index contributed by atoms with van der Waals surface area (Å²) in [6, 6.07) is 7.88. The lowest BCUT2D eigenvalue weighted by Crippen LogP contribution is -2.08. The fraction of sp³-hybridized carbons (Fsp3) is 0.444. The van der Waals surface area contributed by atoms with Gasteiger partial charge in [-0.1, -0.05) is 18.7 Å². The largest absolute Gasteiger partial charge is 0.497 e. The standard InChI is InChI=1S/C18H24O4/c1-14(2)18(20)22-13-5-8-16(19)7-4-6-15-9-11-17(21-3)12-10-15/h9-12H,1,4-8,13H2,2-3H3. The fourth-order valence-electron chi connectivity index (χ4n) is 1.96. The number of carbonyl (C=O) groups is 2. The monoisotopic (exact) mass is 304 g/mol. The Morgan fingerprint density at radius 3 is 2.32 bits per heavy atom. The number of methoxy groups -OCH3 is 1. The molecular weight excluding hydrogens is 280 g/mol. The van der Waals surface area contributed by atoms with Gasteiger partial charge < -0.3 is 9.47 Å². The second-order valence-corrected chi connectivity index (χ2v) is 5.26. The number of hydrogen-bond donors (Lipinski definition) is 0. The van der Waals surface area contributed by atoms with E-state index in [-0.39, 0.29) is 12.4 Å². The molecule has 0 unspecified atom stereocenters. The highest BCUT2D eigenvalue weighted by molar-refractivity contribution is 5.86. The van der Waals surface area contributed by atoms with Crippen LogP contribution >= 0.6 is 0 Å². The van der Waals surface area contributed by atoms with Crippen LogP contribution in [-0.4, -0.2) is 25.5 Å². The third-order valence-corrected chi connectivity index (χ3v) is 3.26. The van der Waals surface area contributed by atoms with E-state index in [2.05, 4.69) is 6.58 Å². The van der Waals surface area contributed by atoms with E-state index in [1.54, 1.807) is 14.0 Å². The molecular formula is C18H24O4. The van der Waals surface area contributed by atoms with Gasteiger partial charge in [0.15, 0.2) is 0 Å². The Morgan fingerprint density at radius 2 is 1.73 bits per heavy atom. The Bertz CT molecular complexity index is 502. The first-order valence-electron chi connectivity index (χ1n) is 7.50. The molecule has 0 radical (unpaired) electrons. The quantitative estimate of drug-likeness (QED) is 0.377. The molecule has 4 heteroatoms. The summed E-state index contributed by atoms with van der Waals surface area (Å²) in [7, 11) is 1.64. The second kappa shape index (κ2) is 9.77. The maximum atomic E-state index is 11.7. The minimum Gasteiger partial charge on any atom is -0.497 e. The predicted molar refractivity (Wildman–Crippen MR) is 85.9 cm³/mol. The molecule has 0 spiro atoms. The van der Waals surface area contributed by atoms with E-state index in [1.807, 2.05) is 24.3 Å². The molecule has 0 saturated carbocycles. The van der Waals surface area contributed by atoms with Gasteiger partial charge in [-0.2, -0.15) is 0 Å². The maximum Gasteiger partial charge on any atom is 0.333 e. The minimum atomic E-state index is -0.396. The summed E-state index contributed by atoms with van der Waals surface area (Å²) in [4.78, 5) is 22.9. The molecule has 0 aliphatic carbocycles. The van der Waals surface area contributed by atoms with E-state index in [0.717, 1.165) is 18.6 Å². The van der Waals surface area contributed by atoms with Crippen molar-refractivity contribution in [1.82, 2.24) is 0 Å². The van der Waals surface area contributed by atoms with Gasteiger partial charge in [0.2, 0.25) is 0 Å². The minimum absolute atomic E-state index is 0.208. The molecule has 1 rings (SSSR count). The van der Waals surface area contributed by atoms with Crippen molar-refractivity contribution in [3.05, 3.63) is 42.0 Å². The molecule has 0 saturated heterocycles. The van der Waals surface area contributed by atoms with Gasteiger partial charge in [0.25, 0.3) is 0 Å². The van der Waals surface area contributed by atoms with E-state index in [1.165, 1.54) is 5.56 Å². The van der Waals surface area contributed by atoms with Crippen molar-refractivity contribution in [3.8, 4) is 5.75 Å². The number of Topliss-reactive ketones (excluding diaryl/α,β-unsaturated/α-hetero) is 1. The number of hydrogen-bond acceptors (Lipinski definition) is 4. The summed E-state index contributed by atoms with van der Waals surface area (Å²) in [6.07, 6.45) is 3.28. The van der Waals surface area contributed by atoms with Crippen LogP contribution < -0.4 is 4.74 Å². The first-order valence-corrected chi connectivity index (χ1v) is 7.50. The summed E-state index contributed by atoms with van der Waals surface area (Å²) >= 11 is 0. The van der Waals surface area contributed by atoms with Crippen LogP contribution in [-0.2, 0) is 20.7 Å². The van der Waals surface area contributed by atoms with Gasteiger partial charge in [-0.25, -0.2) is 4.79 Å². The topological polar surface area (TPSA) is 52.6 Å². The van der Waals surface area contributed by atoms with Crippen molar-refractivity contribution in [1.29, 1.82) is 0 Å². The number of esters is 1. The number of benzene rings is 1. The molecule has 0 heterocycles. The predicted octanol–water partition coefficient (Wildman–Crippen LogP) is 3.49. The Balaban J connectivity index is 2.12. The number of aryl methyl sites for hydroxylation is 1. The van der Waals surface area contributed by atoms with Gasteiger partial charge in [0.1, 0.15) is 11.5 Å². The summed E-state index contributed by atoms with van der Waals surface area (Å²) in [6.45, 7) is 5.38. The van der Waals surface area contributed by atoms with Crippen LogP contribution in [0.5, 0.6) is 5.75 Å². The first-order chi connectivity index (χ1) is 10.5. The summed E-state index contributed by atoms with van der Waals surface area (Å²) in [5.41, 5.74) is 1.58. The van der Waals surface area contributed by atoms with Crippen molar-refractivity contribution in [3.63, 3.8) is 0 Å². The SMILES string of the molecule is C=C(C)C(=O)OCCCC(=O)CCCc1ccc(OC)cc1. The van der Waals surface area contributed by atoms with E-state index in [0.29, 0.717) is 24.8 Å². The van der Waals surface area contributed by atoms with E-state index in [9.17, 15) is 9.59 Å². The molecule has 0 aliphatic heterocycles. The molecule has 4 nitrogen and oxygen atoms in total. The Labute approximate surface area is 132 Å². The van der Waals surface area contributed by atoms with Crippen molar-refractivity contribution in [2.45, 2.75) is 39.0 Å².